The van der Waals surface area contributed by atoms with Crippen molar-refractivity contribution in [2.45, 2.75) is 17.1 Å². The standard InChI is InChI=1S/C11H15ClN2O3S/c1-7(11(15)14(2)3)18(16,17)10-6-8(13)4-5-9(10)12/h4-7H,13H2,1-3H3. The average Bonchev–Trinajstić information content (AvgIpc) is 2.29. The lowest BCUT2D eigenvalue weighted by Gasteiger charge is -2.18. The van der Waals surface area contributed by atoms with Crippen LogP contribution in [0.2, 0.25) is 5.02 Å². The van der Waals surface area contributed by atoms with Crippen molar-refractivity contribution in [3.05, 3.63) is 23.2 Å². The second-order valence-corrected chi connectivity index (χ2v) is 6.75. The molecule has 0 fully saturated rings. The lowest BCUT2D eigenvalue weighted by atomic mass is 10.3. The summed E-state index contributed by atoms with van der Waals surface area (Å²) in [5.41, 5.74) is 5.82. The first-order valence-electron chi connectivity index (χ1n) is 5.18. The number of nitrogen functional groups attached to an aromatic ring is 1. The smallest absolute Gasteiger partial charge is 0.240 e. The number of carbonyl (C=O) groups is 1. The molecule has 0 aliphatic rings. The largest absolute Gasteiger partial charge is 0.399 e. The molecule has 7 heteroatoms. The van der Waals surface area contributed by atoms with Gasteiger partial charge in [-0.1, -0.05) is 11.6 Å². The van der Waals surface area contributed by atoms with Gasteiger partial charge in [0.25, 0.3) is 0 Å². The zero-order valence-electron chi connectivity index (χ0n) is 10.3. The van der Waals surface area contributed by atoms with E-state index in [0.29, 0.717) is 0 Å². The Morgan fingerprint density at radius 1 is 1.39 bits per heavy atom. The Morgan fingerprint density at radius 3 is 2.44 bits per heavy atom. The van der Waals surface area contributed by atoms with Gasteiger partial charge in [-0.05, 0) is 25.1 Å². The Bertz CT molecular complexity index is 570. The molecule has 0 aliphatic carbocycles. The topological polar surface area (TPSA) is 80.5 Å². The molecule has 5 nitrogen and oxygen atoms in total. The van der Waals surface area contributed by atoms with Crippen LogP contribution in [-0.4, -0.2) is 38.6 Å². The molecule has 0 heterocycles. The molecule has 0 saturated carbocycles. The first-order chi connectivity index (χ1) is 8.17. The fraction of sp³-hybridized carbons (Fsp3) is 0.364. The predicted octanol–water partition coefficient (Wildman–Crippen LogP) is 1.17. The molecule has 0 spiro atoms. The second-order valence-electron chi connectivity index (χ2n) is 4.11. The minimum Gasteiger partial charge on any atom is -0.399 e. The summed E-state index contributed by atoms with van der Waals surface area (Å²) in [5.74, 6) is -0.506. The SMILES string of the molecule is CC(C(=O)N(C)C)S(=O)(=O)c1cc(N)ccc1Cl. The van der Waals surface area contributed by atoms with Gasteiger partial charge in [-0.25, -0.2) is 8.42 Å². The summed E-state index contributed by atoms with van der Waals surface area (Å²) in [4.78, 5) is 12.8. The normalized spacial score (nSPS) is 13.1. The number of anilines is 1. The van der Waals surface area contributed by atoms with Gasteiger partial charge < -0.3 is 10.6 Å². The van der Waals surface area contributed by atoms with Gasteiger partial charge in [0.15, 0.2) is 9.84 Å². The Hall–Kier alpha value is -1.27. The number of nitrogens with zero attached hydrogens (tertiary/aromatic N) is 1. The molecule has 0 saturated heterocycles. The van der Waals surface area contributed by atoms with Gasteiger partial charge in [0.05, 0.1) is 9.92 Å². The summed E-state index contributed by atoms with van der Waals surface area (Å²) in [6, 6.07) is 4.16. The van der Waals surface area contributed by atoms with Crippen molar-refractivity contribution in [2.75, 3.05) is 19.8 Å². The zero-order valence-corrected chi connectivity index (χ0v) is 11.9. The molecule has 1 aromatic carbocycles. The van der Waals surface area contributed by atoms with Crippen LogP contribution >= 0.6 is 11.6 Å². The number of sulfone groups is 1. The summed E-state index contributed by atoms with van der Waals surface area (Å²) < 4.78 is 24.5. The van der Waals surface area contributed by atoms with E-state index < -0.39 is 21.0 Å². The molecule has 1 aromatic rings. The van der Waals surface area contributed by atoms with Gasteiger partial charge in [-0.15, -0.1) is 0 Å². The molecular weight excluding hydrogens is 276 g/mol. The van der Waals surface area contributed by atoms with Gasteiger partial charge in [0, 0.05) is 19.8 Å². The van der Waals surface area contributed by atoms with Crippen molar-refractivity contribution in [3.63, 3.8) is 0 Å². The molecular formula is C11H15ClN2O3S. The number of amides is 1. The van der Waals surface area contributed by atoms with Crippen molar-refractivity contribution in [1.29, 1.82) is 0 Å². The number of benzene rings is 1. The van der Waals surface area contributed by atoms with E-state index in [4.69, 9.17) is 17.3 Å². The summed E-state index contributed by atoms with van der Waals surface area (Å²) in [7, 11) is -0.849. The van der Waals surface area contributed by atoms with Crippen molar-refractivity contribution >= 4 is 33.0 Å². The maximum Gasteiger partial charge on any atom is 0.240 e. The van der Waals surface area contributed by atoms with Gasteiger partial charge in [-0.3, -0.25) is 4.79 Å². The van der Waals surface area contributed by atoms with E-state index in [0.717, 1.165) is 0 Å². The van der Waals surface area contributed by atoms with Gasteiger partial charge in [0.2, 0.25) is 5.91 Å². The third kappa shape index (κ3) is 2.76. The molecule has 0 bridgehead atoms. The van der Waals surface area contributed by atoms with Gasteiger partial charge in [-0.2, -0.15) is 0 Å². The molecule has 0 aromatic heterocycles. The van der Waals surface area contributed by atoms with E-state index in [1.54, 1.807) is 0 Å². The van der Waals surface area contributed by atoms with E-state index >= 15 is 0 Å². The van der Waals surface area contributed by atoms with Gasteiger partial charge >= 0.3 is 0 Å². The van der Waals surface area contributed by atoms with E-state index in [2.05, 4.69) is 0 Å². The number of rotatable bonds is 3. The van der Waals surface area contributed by atoms with E-state index in [-0.39, 0.29) is 15.6 Å². The quantitative estimate of drug-likeness (QED) is 0.848. The molecule has 100 valence electrons. The van der Waals surface area contributed by atoms with E-state index in [1.165, 1.54) is 44.1 Å². The molecule has 1 amide bonds. The highest BCUT2D eigenvalue weighted by atomic mass is 35.5. The van der Waals surface area contributed by atoms with Gasteiger partial charge in [0.1, 0.15) is 5.25 Å². The highest BCUT2D eigenvalue weighted by molar-refractivity contribution is 7.92. The minimum atomic E-state index is -3.84. The number of hydrogen-bond donors (Lipinski definition) is 1. The summed E-state index contributed by atoms with van der Waals surface area (Å²) in [6.07, 6.45) is 0. The molecule has 18 heavy (non-hydrogen) atoms. The lowest BCUT2D eigenvalue weighted by Crippen LogP contribution is -2.37. The van der Waals surface area contributed by atoms with E-state index in [1.807, 2.05) is 0 Å². The molecule has 1 rings (SSSR count). The fourth-order valence-corrected chi connectivity index (χ4v) is 3.36. The summed E-state index contributed by atoms with van der Waals surface area (Å²) in [6.45, 7) is 1.33. The van der Waals surface area contributed by atoms with Crippen LogP contribution in [0.4, 0.5) is 5.69 Å². The Kier molecular flexibility index (Phi) is 4.24. The minimum absolute atomic E-state index is 0.0580. The molecule has 2 N–H and O–H groups in total. The van der Waals surface area contributed by atoms with Crippen molar-refractivity contribution in [2.24, 2.45) is 0 Å². The maximum atomic E-state index is 12.3. The molecule has 1 atom stereocenters. The predicted molar refractivity (Wildman–Crippen MR) is 71.2 cm³/mol. The van der Waals surface area contributed by atoms with E-state index in [9.17, 15) is 13.2 Å². The fourth-order valence-electron chi connectivity index (χ4n) is 1.42. The van der Waals surface area contributed by atoms with Crippen LogP contribution < -0.4 is 5.73 Å². The van der Waals surface area contributed by atoms with Crippen LogP contribution in [-0.2, 0) is 14.6 Å². The Balaban J connectivity index is 3.30. The van der Waals surface area contributed by atoms with Crippen molar-refractivity contribution < 1.29 is 13.2 Å². The summed E-state index contributed by atoms with van der Waals surface area (Å²) >= 11 is 5.85. The van der Waals surface area contributed by atoms with Crippen LogP contribution in [0.1, 0.15) is 6.92 Å². The van der Waals surface area contributed by atoms with Crippen LogP contribution in [0.3, 0.4) is 0 Å². The number of hydrogen-bond acceptors (Lipinski definition) is 4. The second kappa shape index (κ2) is 5.16. The van der Waals surface area contributed by atoms with Crippen molar-refractivity contribution in [3.8, 4) is 0 Å². The number of carbonyl (C=O) groups excluding carboxylic acids is 1. The Labute approximate surface area is 111 Å². The number of nitrogens with two attached hydrogens (primary N) is 1. The molecule has 1 unspecified atom stereocenters. The Morgan fingerprint density at radius 2 is 1.94 bits per heavy atom. The zero-order chi connectivity index (χ0) is 14.1. The number of halogens is 1. The third-order valence-corrected chi connectivity index (χ3v) is 5.04. The maximum absolute atomic E-state index is 12.3. The summed E-state index contributed by atoms with van der Waals surface area (Å²) in [5, 5.41) is -1.14. The highest BCUT2D eigenvalue weighted by Crippen LogP contribution is 2.27. The van der Waals surface area contributed by atoms with Crippen LogP contribution in [0.15, 0.2) is 23.1 Å². The highest BCUT2D eigenvalue weighted by Gasteiger charge is 2.32. The molecule has 0 aliphatic heterocycles. The lowest BCUT2D eigenvalue weighted by molar-refractivity contribution is -0.127. The van der Waals surface area contributed by atoms with Crippen LogP contribution in [0.5, 0.6) is 0 Å². The van der Waals surface area contributed by atoms with Crippen molar-refractivity contribution in [1.82, 2.24) is 4.90 Å². The molecule has 0 radical (unpaired) electrons. The first-order valence-corrected chi connectivity index (χ1v) is 7.10. The first kappa shape index (κ1) is 14.8. The monoisotopic (exact) mass is 290 g/mol. The van der Waals surface area contributed by atoms with Crippen LogP contribution in [0.25, 0.3) is 0 Å². The average molecular weight is 291 g/mol. The third-order valence-electron chi connectivity index (χ3n) is 2.52. The van der Waals surface area contributed by atoms with Crippen LogP contribution in [0, 0.1) is 0 Å².